The van der Waals surface area contributed by atoms with Gasteiger partial charge in [0.1, 0.15) is 5.82 Å². The summed E-state index contributed by atoms with van der Waals surface area (Å²) in [5, 5.41) is 6.36. The molecule has 2 N–H and O–H groups in total. The van der Waals surface area contributed by atoms with Crippen molar-refractivity contribution >= 4 is 5.91 Å². The number of rotatable bonds is 4. The van der Waals surface area contributed by atoms with Crippen molar-refractivity contribution < 1.29 is 9.18 Å². The molecule has 1 unspecified atom stereocenters. The molecule has 1 heterocycles. The molecular formula is C16H23FN2O. The first-order valence-electron chi connectivity index (χ1n) is 7.23. The van der Waals surface area contributed by atoms with Crippen molar-refractivity contribution in [2.24, 2.45) is 11.3 Å². The minimum absolute atomic E-state index is 0.0920. The molecule has 0 aliphatic carbocycles. The molecule has 1 aromatic rings. The van der Waals surface area contributed by atoms with Gasteiger partial charge < -0.3 is 10.6 Å². The highest BCUT2D eigenvalue weighted by Crippen LogP contribution is 2.35. The molecule has 110 valence electrons. The lowest BCUT2D eigenvalue weighted by molar-refractivity contribution is -0.133. The summed E-state index contributed by atoms with van der Waals surface area (Å²) in [6.45, 7) is 7.73. The second kappa shape index (κ2) is 5.92. The summed E-state index contributed by atoms with van der Waals surface area (Å²) in [4.78, 5) is 12.6. The number of benzene rings is 1. The van der Waals surface area contributed by atoms with E-state index in [0.29, 0.717) is 0 Å². The van der Waals surface area contributed by atoms with E-state index in [2.05, 4.69) is 24.5 Å². The highest BCUT2D eigenvalue weighted by atomic mass is 19.1. The Morgan fingerprint density at radius 1 is 1.30 bits per heavy atom. The zero-order chi connectivity index (χ0) is 14.8. The van der Waals surface area contributed by atoms with Crippen molar-refractivity contribution in [3.8, 4) is 0 Å². The van der Waals surface area contributed by atoms with Gasteiger partial charge in [-0.15, -0.1) is 0 Å². The average Bonchev–Trinajstić information content (AvgIpc) is 2.90. The Kier molecular flexibility index (Phi) is 4.43. The van der Waals surface area contributed by atoms with E-state index in [1.165, 1.54) is 12.1 Å². The van der Waals surface area contributed by atoms with Gasteiger partial charge in [-0.2, -0.15) is 0 Å². The Morgan fingerprint density at radius 2 is 1.95 bits per heavy atom. The van der Waals surface area contributed by atoms with Crippen molar-refractivity contribution in [2.45, 2.75) is 33.2 Å². The first-order valence-corrected chi connectivity index (χ1v) is 7.23. The van der Waals surface area contributed by atoms with E-state index in [0.717, 1.165) is 25.1 Å². The third kappa shape index (κ3) is 2.85. The molecule has 1 aliphatic heterocycles. The maximum absolute atomic E-state index is 12.9. The maximum atomic E-state index is 12.9. The number of hydrogen-bond acceptors (Lipinski definition) is 2. The molecule has 0 aromatic heterocycles. The Hall–Kier alpha value is -1.42. The minimum atomic E-state index is -0.325. The molecule has 1 saturated heterocycles. The fourth-order valence-corrected chi connectivity index (χ4v) is 2.84. The molecule has 20 heavy (non-hydrogen) atoms. The highest BCUT2D eigenvalue weighted by Gasteiger charge is 2.44. The van der Waals surface area contributed by atoms with Crippen LogP contribution in [0.3, 0.4) is 0 Å². The summed E-state index contributed by atoms with van der Waals surface area (Å²) in [5.41, 5.74) is 0.596. The van der Waals surface area contributed by atoms with E-state index in [4.69, 9.17) is 0 Å². The van der Waals surface area contributed by atoms with Crippen LogP contribution in [0, 0.1) is 17.2 Å². The molecule has 0 radical (unpaired) electrons. The third-order valence-electron chi connectivity index (χ3n) is 4.46. The van der Waals surface area contributed by atoms with Gasteiger partial charge in [0.25, 0.3) is 0 Å². The van der Waals surface area contributed by atoms with Gasteiger partial charge in [0.2, 0.25) is 5.91 Å². The first kappa shape index (κ1) is 15.0. The first-order chi connectivity index (χ1) is 9.45. The van der Waals surface area contributed by atoms with Gasteiger partial charge in [-0.3, -0.25) is 4.79 Å². The van der Waals surface area contributed by atoms with Gasteiger partial charge in [0.05, 0.1) is 11.5 Å². The molecule has 0 saturated carbocycles. The van der Waals surface area contributed by atoms with Gasteiger partial charge in [-0.1, -0.05) is 26.0 Å². The second-order valence-corrected chi connectivity index (χ2v) is 5.98. The van der Waals surface area contributed by atoms with Crippen molar-refractivity contribution in [3.63, 3.8) is 0 Å². The van der Waals surface area contributed by atoms with Crippen LogP contribution < -0.4 is 10.6 Å². The molecule has 1 aromatic carbocycles. The summed E-state index contributed by atoms with van der Waals surface area (Å²) >= 11 is 0. The van der Waals surface area contributed by atoms with Gasteiger partial charge >= 0.3 is 0 Å². The highest BCUT2D eigenvalue weighted by molar-refractivity contribution is 5.84. The average molecular weight is 278 g/mol. The van der Waals surface area contributed by atoms with Gasteiger partial charge in [-0.25, -0.2) is 4.39 Å². The SMILES string of the molecule is CC(C)C1(C(=O)N[C@H](C)c2ccc(F)cc2)CCNC1. The molecule has 0 bridgehead atoms. The van der Waals surface area contributed by atoms with E-state index in [9.17, 15) is 9.18 Å². The van der Waals surface area contributed by atoms with Crippen molar-refractivity contribution in [3.05, 3.63) is 35.6 Å². The molecule has 1 aliphatic rings. The summed E-state index contributed by atoms with van der Waals surface area (Å²) in [5.74, 6) is 0.123. The fourth-order valence-electron chi connectivity index (χ4n) is 2.84. The topological polar surface area (TPSA) is 41.1 Å². The Bertz CT molecular complexity index is 464. The van der Waals surface area contributed by atoms with Crippen molar-refractivity contribution in [2.75, 3.05) is 13.1 Å². The molecule has 1 fully saturated rings. The molecule has 4 heteroatoms. The summed E-state index contributed by atoms with van der Waals surface area (Å²) in [6, 6.07) is 6.17. The Labute approximate surface area is 120 Å². The Balaban J connectivity index is 2.08. The zero-order valence-corrected chi connectivity index (χ0v) is 12.4. The number of nitrogens with one attached hydrogen (secondary N) is 2. The van der Waals surface area contributed by atoms with Crippen LogP contribution in [-0.2, 0) is 4.79 Å². The van der Waals surface area contributed by atoms with Crippen LogP contribution >= 0.6 is 0 Å². The molecule has 1 amide bonds. The van der Waals surface area contributed by atoms with Crippen LogP contribution in [0.1, 0.15) is 38.8 Å². The number of amides is 1. The summed E-state index contributed by atoms with van der Waals surface area (Å²) < 4.78 is 12.9. The predicted octanol–water partition coefficient (Wildman–Crippen LogP) is 2.64. The fraction of sp³-hybridized carbons (Fsp3) is 0.562. The van der Waals surface area contributed by atoms with E-state index < -0.39 is 0 Å². The quantitative estimate of drug-likeness (QED) is 0.889. The second-order valence-electron chi connectivity index (χ2n) is 5.98. The van der Waals surface area contributed by atoms with E-state index in [1.54, 1.807) is 12.1 Å². The lowest BCUT2D eigenvalue weighted by Gasteiger charge is -2.32. The smallest absolute Gasteiger partial charge is 0.228 e. The summed E-state index contributed by atoms with van der Waals surface area (Å²) in [7, 11) is 0. The lowest BCUT2D eigenvalue weighted by Crippen LogP contribution is -2.46. The van der Waals surface area contributed by atoms with Crippen LogP contribution in [0.4, 0.5) is 4.39 Å². The van der Waals surface area contributed by atoms with E-state index in [-0.39, 0.29) is 29.1 Å². The molecule has 0 spiro atoms. The minimum Gasteiger partial charge on any atom is -0.349 e. The summed E-state index contributed by atoms with van der Waals surface area (Å²) in [6.07, 6.45) is 0.868. The number of carbonyl (C=O) groups is 1. The number of carbonyl (C=O) groups excluding carboxylic acids is 1. The zero-order valence-electron chi connectivity index (χ0n) is 12.4. The number of halogens is 1. The van der Waals surface area contributed by atoms with Crippen LogP contribution in [0.5, 0.6) is 0 Å². The number of hydrogen-bond donors (Lipinski definition) is 2. The van der Waals surface area contributed by atoms with Gasteiger partial charge in [-0.05, 0) is 43.5 Å². The van der Waals surface area contributed by atoms with Crippen LogP contribution in [-0.4, -0.2) is 19.0 Å². The van der Waals surface area contributed by atoms with Gasteiger partial charge in [0.15, 0.2) is 0 Å². The molecule has 3 nitrogen and oxygen atoms in total. The van der Waals surface area contributed by atoms with Crippen molar-refractivity contribution in [1.82, 2.24) is 10.6 Å². The predicted molar refractivity (Wildman–Crippen MR) is 77.7 cm³/mol. The maximum Gasteiger partial charge on any atom is 0.228 e. The molecule has 2 atom stereocenters. The standard InChI is InChI=1S/C16H23FN2O/c1-11(2)16(8-9-18-10-16)15(20)19-12(3)13-4-6-14(17)7-5-13/h4-7,11-12,18H,8-10H2,1-3H3,(H,19,20)/t12-,16?/m1/s1. The third-order valence-corrected chi connectivity index (χ3v) is 4.46. The van der Waals surface area contributed by atoms with E-state index in [1.807, 2.05) is 6.92 Å². The normalized spacial score (nSPS) is 23.9. The monoisotopic (exact) mass is 278 g/mol. The molecular weight excluding hydrogens is 255 g/mol. The largest absolute Gasteiger partial charge is 0.349 e. The Morgan fingerprint density at radius 3 is 2.45 bits per heavy atom. The van der Waals surface area contributed by atoms with Crippen molar-refractivity contribution in [1.29, 1.82) is 0 Å². The lowest BCUT2D eigenvalue weighted by atomic mass is 9.75. The van der Waals surface area contributed by atoms with Crippen LogP contribution in [0.2, 0.25) is 0 Å². The van der Waals surface area contributed by atoms with Crippen LogP contribution in [0.15, 0.2) is 24.3 Å². The van der Waals surface area contributed by atoms with Crippen LogP contribution in [0.25, 0.3) is 0 Å². The molecule has 2 rings (SSSR count). The van der Waals surface area contributed by atoms with Gasteiger partial charge in [0, 0.05) is 6.54 Å². The van der Waals surface area contributed by atoms with E-state index >= 15 is 0 Å².